The maximum atomic E-state index is 11.2. The van der Waals surface area contributed by atoms with Crippen molar-refractivity contribution in [3.05, 3.63) is 45.6 Å². The third-order valence-electron chi connectivity index (χ3n) is 2.83. The van der Waals surface area contributed by atoms with Crippen LogP contribution in [0.15, 0.2) is 34.1 Å². The lowest BCUT2D eigenvalue weighted by molar-refractivity contribution is -0.482. The molecular formula is C11H11NO5. The number of aliphatic hydroxyl groups excluding tert-OH is 1. The van der Waals surface area contributed by atoms with Crippen LogP contribution in [0.4, 0.5) is 0 Å². The number of aliphatic hydroxyl groups is 1. The Hall–Kier alpha value is -2.11. The molecule has 6 nitrogen and oxygen atoms in total. The Morgan fingerprint density at radius 2 is 2.29 bits per heavy atom. The second kappa shape index (κ2) is 4.40. The molecule has 1 aliphatic rings. The van der Waals surface area contributed by atoms with Gasteiger partial charge in [-0.1, -0.05) is 0 Å². The monoisotopic (exact) mass is 237 g/mol. The van der Waals surface area contributed by atoms with Gasteiger partial charge in [-0.2, -0.15) is 0 Å². The molecule has 6 heteroatoms. The number of nitrogens with zero attached hydrogens (tertiary/aromatic N) is 1. The zero-order valence-electron chi connectivity index (χ0n) is 8.96. The van der Waals surface area contributed by atoms with Crippen molar-refractivity contribution in [3.63, 3.8) is 0 Å². The van der Waals surface area contributed by atoms with Crippen molar-refractivity contribution >= 4 is 5.78 Å². The van der Waals surface area contributed by atoms with Gasteiger partial charge >= 0.3 is 0 Å². The molecule has 17 heavy (non-hydrogen) atoms. The summed E-state index contributed by atoms with van der Waals surface area (Å²) >= 11 is 0. The Bertz CT molecular complexity index is 474. The summed E-state index contributed by atoms with van der Waals surface area (Å²) in [5, 5.41) is 20.2. The third kappa shape index (κ3) is 2.20. The molecule has 1 atom stereocenters. The van der Waals surface area contributed by atoms with Crippen molar-refractivity contribution in [2.75, 3.05) is 6.54 Å². The average molecular weight is 237 g/mol. The van der Waals surface area contributed by atoms with E-state index in [-0.39, 0.29) is 24.5 Å². The van der Waals surface area contributed by atoms with Crippen LogP contribution < -0.4 is 0 Å². The summed E-state index contributed by atoms with van der Waals surface area (Å²) in [6, 6.07) is 3.23. The van der Waals surface area contributed by atoms with E-state index >= 15 is 0 Å². The van der Waals surface area contributed by atoms with E-state index in [2.05, 4.69) is 0 Å². The van der Waals surface area contributed by atoms with E-state index in [9.17, 15) is 20.0 Å². The number of carbonyl (C=O) groups excluding carboxylic acids is 1. The Morgan fingerprint density at radius 3 is 2.76 bits per heavy atom. The molecule has 0 unspecified atom stereocenters. The number of ketones is 1. The van der Waals surface area contributed by atoms with Crippen LogP contribution in [0.25, 0.3) is 0 Å². The topological polar surface area (TPSA) is 93.6 Å². The van der Waals surface area contributed by atoms with Crippen LogP contribution in [0.5, 0.6) is 0 Å². The zero-order valence-corrected chi connectivity index (χ0v) is 8.96. The standard InChI is InChI=1S/C11H11NO5/c13-9-4-3-7(11(9)14)8(6-12(15)16)10-2-1-5-17-10/h1-2,5,8,14H,3-4,6H2/t8-/m0/s1. The lowest BCUT2D eigenvalue weighted by atomic mass is 9.95. The van der Waals surface area contributed by atoms with Crippen molar-refractivity contribution in [1.82, 2.24) is 0 Å². The van der Waals surface area contributed by atoms with Gasteiger partial charge in [0.15, 0.2) is 11.5 Å². The summed E-state index contributed by atoms with van der Waals surface area (Å²) in [6.45, 7) is -0.389. The quantitative estimate of drug-likeness (QED) is 0.636. The van der Waals surface area contributed by atoms with Gasteiger partial charge in [0.1, 0.15) is 11.7 Å². The predicted octanol–water partition coefficient (Wildman–Crippen LogP) is 1.81. The molecular weight excluding hydrogens is 226 g/mol. The number of carbonyl (C=O) groups is 1. The van der Waals surface area contributed by atoms with Crippen molar-refractivity contribution < 1.29 is 19.2 Å². The van der Waals surface area contributed by atoms with E-state index in [0.29, 0.717) is 17.8 Å². The van der Waals surface area contributed by atoms with Crippen LogP contribution in [0.1, 0.15) is 24.5 Å². The summed E-state index contributed by atoms with van der Waals surface area (Å²) in [6.07, 6.45) is 1.97. The molecule has 0 aromatic carbocycles. The number of hydrogen-bond acceptors (Lipinski definition) is 5. The maximum absolute atomic E-state index is 11.2. The minimum Gasteiger partial charge on any atom is -0.504 e. The van der Waals surface area contributed by atoms with Crippen LogP contribution in [-0.4, -0.2) is 22.4 Å². The third-order valence-corrected chi connectivity index (χ3v) is 2.83. The molecule has 0 fully saturated rings. The van der Waals surface area contributed by atoms with Crippen LogP contribution >= 0.6 is 0 Å². The number of furan rings is 1. The molecule has 1 aromatic rings. The molecule has 0 spiro atoms. The highest BCUT2D eigenvalue weighted by atomic mass is 16.6. The normalized spacial score (nSPS) is 17.5. The lowest BCUT2D eigenvalue weighted by Gasteiger charge is -2.11. The van der Waals surface area contributed by atoms with Gasteiger partial charge in [-0.25, -0.2) is 0 Å². The van der Waals surface area contributed by atoms with E-state index in [1.54, 1.807) is 12.1 Å². The van der Waals surface area contributed by atoms with Crippen molar-refractivity contribution in [2.24, 2.45) is 0 Å². The fourth-order valence-electron chi connectivity index (χ4n) is 2.01. The number of hydrogen-bond donors (Lipinski definition) is 1. The average Bonchev–Trinajstić information content (AvgIpc) is 2.88. The highest BCUT2D eigenvalue weighted by Crippen LogP contribution is 2.34. The van der Waals surface area contributed by atoms with Gasteiger partial charge in [-0.15, -0.1) is 0 Å². The highest BCUT2D eigenvalue weighted by Gasteiger charge is 2.33. The first-order valence-electron chi connectivity index (χ1n) is 5.20. The van der Waals surface area contributed by atoms with E-state index in [4.69, 9.17) is 4.42 Å². The first-order chi connectivity index (χ1) is 8.09. The molecule has 0 saturated carbocycles. The number of Topliss-reactive ketones (excluding diaryl/α,β-unsaturated/α-hetero) is 1. The minimum absolute atomic E-state index is 0.204. The van der Waals surface area contributed by atoms with Gasteiger partial charge in [0, 0.05) is 11.3 Å². The fourth-order valence-corrected chi connectivity index (χ4v) is 2.01. The number of allylic oxidation sites excluding steroid dienone is 1. The van der Waals surface area contributed by atoms with Crippen LogP contribution in [0, 0.1) is 10.1 Å². The second-order valence-corrected chi connectivity index (χ2v) is 3.88. The van der Waals surface area contributed by atoms with Gasteiger partial charge < -0.3 is 9.52 Å². The van der Waals surface area contributed by atoms with Crippen LogP contribution in [-0.2, 0) is 4.79 Å². The number of rotatable bonds is 4. The first-order valence-corrected chi connectivity index (χ1v) is 5.20. The highest BCUT2D eigenvalue weighted by molar-refractivity contribution is 5.96. The van der Waals surface area contributed by atoms with E-state index in [1.807, 2.05) is 0 Å². The largest absolute Gasteiger partial charge is 0.504 e. The summed E-state index contributed by atoms with van der Waals surface area (Å²) in [7, 11) is 0. The minimum atomic E-state index is -0.661. The lowest BCUT2D eigenvalue weighted by Crippen LogP contribution is -2.14. The second-order valence-electron chi connectivity index (χ2n) is 3.88. The van der Waals surface area contributed by atoms with Gasteiger partial charge in [0.25, 0.3) is 0 Å². The first kappa shape index (κ1) is 11.4. The molecule has 0 saturated heterocycles. The molecule has 1 N–H and O–H groups in total. The summed E-state index contributed by atoms with van der Waals surface area (Å²) in [4.78, 5) is 21.4. The predicted molar refractivity (Wildman–Crippen MR) is 57.2 cm³/mol. The van der Waals surface area contributed by atoms with E-state index in [1.165, 1.54) is 6.26 Å². The summed E-state index contributed by atoms with van der Waals surface area (Å²) < 4.78 is 5.13. The molecule has 1 aliphatic carbocycles. The van der Waals surface area contributed by atoms with E-state index < -0.39 is 10.8 Å². The maximum Gasteiger partial charge on any atom is 0.217 e. The zero-order chi connectivity index (χ0) is 12.4. The SMILES string of the molecule is O=C1CCC([C@H](C[N+](=O)[O-])c2ccco2)=C1O. The smallest absolute Gasteiger partial charge is 0.217 e. The summed E-state index contributed by atoms with van der Waals surface area (Å²) in [5.41, 5.74) is 0.404. The van der Waals surface area contributed by atoms with Gasteiger partial charge in [0.05, 0.1) is 6.26 Å². The Labute approximate surface area is 96.7 Å². The molecule has 2 rings (SSSR count). The molecule has 0 radical (unpaired) electrons. The van der Waals surface area contributed by atoms with Crippen molar-refractivity contribution in [1.29, 1.82) is 0 Å². The Kier molecular flexibility index (Phi) is 2.95. The van der Waals surface area contributed by atoms with Crippen LogP contribution in [0.2, 0.25) is 0 Å². The molecule has 0 aliphatic heterocycles. The van der Waals surface area contributed by atoms with Gasteiger partial charge in [-0.3, -0.25) is 14.9 Å². The van der Waals surface area contributed by atoms with Crippen molar-refractivity contribution in [2.45, 2.75) is 18.8 Å². The molecule has 1 heterocycles. The molecule has 90 valence electrons. The number of nitro groups is 1. The molecule has 0 amide bonds. The van der Waals surface area contributed by atoms with Gasteiger partial charge in [0.2, 0.25) is 6.54 Å². The summed E-state index contributed by atoms with van der Waals surface area (Å²) in [5.74, 6) is -0.961. The fraction of sp³-hybridized carbons (Fsp3) is 0.364. The Morgan fingerprint density at radius 1 is 1.53 bits per heavy atom. The van der Waals surface area contributed by atoms with Crippen molar-refractivity contribution in [3.8, 4) is 0 Å². The molecule has 1 aromatic heterocycles. The Balaban J connectivity index is 2.35. The van der Waals surface area contributed by atoms with Crippen LogP contribution in [0.3, 0.4) is 0 Å². The van der Waals surface area contributed by atoms with E-state index in [0.717, 1.165) is 0 Å². The molecule has 0 bridgehead atoms. The van der Waals surface area contributed by atoms with Gasteiger partial charge in [-0.05, 0) is 24.1 Å².